The van der Waals surface area contributed by atoms with Crippen LogP contribution in [0.1, 0.15) is 69.4 Å². The molecule has 0 atom stereocenters. The molecule has 6 heteroatoms. The zero-order valence-corrected chi connectivity index (χ0v) is 18.0. The van der Waals surface area contributed by atoms with Gasteiger partial charge in [0.15, 0.2) is 11.5 Å². The molecular weight excluding hydrogens is 365 g/mol. The van der Waals surface area contributed by atoms with E-state index in [4.69, 9.17) is 15.1 Å². The molecule has 3 heterocycles. The minimum Gasteiger partial charge on any atom is -0.320 e. The highest BCUT2D eigenvalue weighted by atomic mass is 19.1. The summed E-state index contributed by atoms with van der Waals surface area (Å²) in [5, 5.41) is 4.80. The Hall–Kier alpha value is -2.76. The van der Waals surface area contributed by atoms with Gasteiger partial charge >= 0.3 is 0 Å². The van der Waals surface area contributed by atoms with Gasteiger partial charge in [0.1, 0.15) is 11.5 Å². The maximum atomic E-state index is 13.8. The predicted octanol–water partition coefficient (Wildman–Crippen LogP) is 5.99. The highest BCUT2D eigenvalue weighted by Gasteiger charge is 2.24. The van der Waals surface area contributed by atoms with Crippen molar-refractivity contribution in [3.05, 3.63) is 47.0 Å². The van der Waals surface area contributed by atoms with E-state index < -0.39 is 0 Å². The van der Waals surface area contributed by atoms with Gasteiger partial charge in [0, 0.05) is 17.7 Å². The van der Waals surface area contributed by atoms with E-state index in [0.717, 1.165) is 46.9 Å². The smallest absolute Gasteiger partial charge is 0.162 e. The topological polar surface area (TPSA) is 48.0 Å². The van der Waals surface area contributed by atoms with Gasteiger partial charge < -0.3 is 4.57 Å². The monoisotopic (exact) mass is 393 g/mol. The summed E-state index contributed by atoms with van der Waals surface area (Å²) in [7, 11) is 0. The quantitative estimate of drug-likeness (QED) is 0.419. The van der Waals surface area contributed by atoms with Crippen LogP contribution >= 0.6 is 0 Å². The highest BCUT2D eigenvalue weighted by molar-refractivity contribution is 5.81. The lowest BCUT2D eigenvalue weighted by Gasteiger charge is -2.16. The Labute approximate surface area is 170 Å². The van der Waals surface area contributed by atoms with Crippen molar-refractivity contribution < 1.29 is 4.39 Å². The van der Waals surface area contributed by atoms with Gasteiger partial charge in [-0.25, -0.2) is 18.9 Å². The van der Waals surface area contributed by atoms with Crippen molar-refractivity contribution in [2.45, 2.75) is 66.3 Å². The third kappa shape index (κ3) is 3.11. The molecule has 1 aromatic carbocycles. The van der Waals surface area contributed by atoms with Crippen LogP contribution in [-0.4, -0.2) is 24.1 Å². The maximum absolute atomic E-state index is 13.8. The summed E-state index contributed by atoms with van der Waals surface area (Å²) in [6.07, 6.45) is 2.11. The summed E-state index contributed by atoms with van der Waals surface area (Å²) < 4.78 is 17.9. The Kier molecular flexibility index (Phi) is 4.89. The summed E-state index contributed by atoms with van der Waals surface area (Å²) >= 11 is 0. The first-order chi connectivity index (χ1) is 13.8. The molecule has 0 unspecified atom stereocenters. The lowest BCUT2D eigenvalue weighted by molar-refractivity contribution is 0.617. The lowest BCUT2D eigenvalue weighted by atomic mass is 9.95. The van der Waals surface area contributed by atoms with E-state index in [2.05, 4.69) is 38.3 Å². The molecule has 3 aromatic heterocycles. The minimum atomic E-state index is -0.280. The number of nitrogens with zero attached hydrogens (tertiary/aromatic N) is 5. The molecule has 0 radical (unpaired) electrons. The van der Waals surface area contributed by atoms with Crippen LogP contribution in [0.4, 0.5) is 4.39 Å². The van der Waals surface area contributed by atoms with Crippen LogP contribution in [0.15, 0.2) is 24.3 Å². The molecule has 0 aliphatic heterocycles. The van der Waals surface area contributed by atoms with Gasteiger partial charge in [-0.1, -0.05) is 13.8 Å². The van der Waals surface area contributed by atoms with E-state index >= 15 is 0 Å². The van der Waals surface area contributed by atoms with Gasteiger partial charge in [-0.2, -0.15) is 5.10 Å². The Morgan fingerprint density at radius 1 is 1.03 bits per heavy atom. The zero-order valence-electron chi connectivity index (χ0n) is 18.0. The molecule has 152 valence electrons. The molecule has 29 heavy (non-hydrogen) atoms. The van der Waals surface area contributed by atoms with Crippen LogP contribution in [0.2, 0.25) is 0 Å². The van der Waals surface area contributed by atoms with Crippen LogP contribution in [0, 0.1) is 19.7 Å². The summed E-state index contributed by atoms with van der Waals surface area (Å²) in [6, 6.07) is 7.10. The molecule has 0 N–H and O–H groups in total. The van der Waals surface area contributed by atoms with Crippen molar-refractivity contribution >= 4 is 16.7 Å². The van der Waals surface area contributed by atoms with Gasteiger partial charge in [0.05, 0.1) is 22.4 Å². The second kappa shape index (κ2) is 7.25. The van der Waals surface area contributed by atoms with E-state index in [1.54, 1.807) is 6.07 Å². The second-order valence-electron chi connectivity index (χ2n) is 8.07. The average Bonchev–Trinajstić information content (AvgIpc) is 3.18. The number of hydrogen-bond donors (Lipinski definition) is 0. The summed E-state index contributed by atoms with van der Waals surface area (Å²) in [4.78, 5) is 9.72. The third-order valence-electron chi connectivity index (χ3n) is 5.71. The Morgan fingerprint density at radius 3 is 2.41 bits per heavy atom. The molecule has 0 bridgehead atoms. The largest absolute Gasteiger partial charge is 0.320 e. The third-order valence-corrected chi connectivity index (χ3v) is 5.71. The summed E-state index contributed by atoms with van der Waals surface area (Å²) in [5.41, 5.74) is 6.40. The number of fused-ring (bicyclic) bond motifs is 2. The molecule has 0 aliphatic rings. The average molecular weight is 394 g/mol. The first-order valence-electron chi connectivity index (χ1n) is 10.4. The van der Waals surface area contributed by atoms with Gasteiger partial charge in [-0.3, -0.25) is 0 Å². The number of aryl methyl sites for hydroxylation is 2. The van der Waals surface area contributed by atoms with E-state index in [-0.39, 0.29) is 11.9 Å². The SMILES string of the molecule is CCC(CC)c1cc(C)nn2c(-c3nc4cc(F)ccc4n3C(C)C)c(C)nc12. The number of imidazole rings is 2. The van der Waals surface area contributed by atoms with E-state index in [9.17, 15) is 4.39 Å². The molecule has 4 rings (SSSR count). The number of benzene rings is 1. The van der Waals surface area contributed by atoms with E-state index in [0.29, 0.717) is 11.4 Å². The Bertz CT molecular complexity index is 1200. The van der Waals surface area contributed by atoms with Crippen molar-refractivity contribution in [3.8, 4) is 11.5 Å². The highest BCUT2D eigenvalue weighted by Crippen LogP contribution is 2.34. The lowest BCUT2D eigenvalue weighted by Crippen LogP contribution is -2.08. The number of hydrogen-bond acceptors (Lipinski definition) is 3. The van der Waals surface area contributed by atoms with Crippen molar-refractivity contribution in [2.24, 2.45) is 0 Å². The molecule has 4 aromatic rings. The fourth-order valence-electron chi connectivity index (χ4n) is 4.33. The normalized spacial score (nSPS) is 12.2. The summed E-state index contributed by atoms with van der Waals surface area (Å²) in [6.45, 7) is 12.7. The second-order valence-corrected chi connectivity index (χ2v) is 8.07. The van der Waals surface area contributed by atoms with Crippen LogP contribution in [0.25, 0.3) is 28.2 Å². The molecule has 0 fully saturated rings. The van der Waals surface area contributed by atoms with Gasteiger partial charge in [-0.05, 0) is 64.7 Å². The van der Waals surface area contributed by atoms with E-state index in [1.165, 1.54) is 17.7 Å². The van der Waals surface area contributed by atoms with Crippen molar-refractivity contribution in [1.82, 2.24) is 24.1 Å². The van der Waals surface area contributed by atoms with Crippen LogP contribution < -0.4 is 0 Å². The molecule has 0 saturated heterocycles. The Morgan fingerprint density at radius 2 is 1.76 bits per heavy atom. The molecular formula is C23H28FN5. The van der Waals surface area contributed by atoms with Crippen LogP contribution in [0.3, 0.4) is 0 Å². The van der Waals surface area contributed by atoms with Crippen LogP contribution in [0.5, 0.6) is 0 Å². The maximum Gasteiger partial charge on any atom is 0.162 e. The first kappa shape index (κ1) is 19.6. The van der Waals surface area contributed by atoms with E-state index in [1.807, 2.05) is 18.4 Å². The standard InChI is InChI=1S/C23H28FN5/c1-7-16(8-2)18-11-14(5)27-29-21(15(6)25-22(18)29)23-26-19-12-17(24)9-10-20(19)28(23)13(3)4/h9-13,16H,7-8H2,1-6H3. The van der Waals surface area contributed by atoms with Crippen molar-refractivity contribution in [3.63, 3.8) is 0 Å². The number of halogens is 1. The van der Waals surface area contributed by atoms with Gasteiger partial charge in [-0.15, -0.1) is 0 Å². The summed E-state index contributed by atoms with van der Waals surface area (Å²) in [5.74, 6) is 0.934. The molecule has 0 aliphatic carbocycles. The molecule has 0 saturated carbocycles. The predicted molar refractivity (Wildman–Crippen MR) is 115 cm³/mol. The van der Waals surface area contributed by atoms with Gasteiger partial charge in [0.25, 0.3) is 0 Å². The van der Waals surface area contributed by atoms with Crippen molar-refractivity contribution in [2.75, 3.05) is 0 Å². The number of aromatic nitrogens is 5. The van der Waals surface area contributed by atoms with Crippen LogP contribution in [-0.2, 0) is 0 Å². The minimum absolute atomic E-state index is 0.161. The fraction of sp³-hybridized carbons (Fsp3) is 0.435. The number of rotatable bonds is 5. The zero-order chi connectivity index (χ0) is 20.9. The van der Waals surface area contributed by atoms with Crippen molar-refractivity contribution in [1.29, 1.82) is 0 Å². The molecule has 0 amide bonds. The first-order valence-corrected chi connectivity index (χ1v) is 10.4. The molecule has 0 spiro atoms. The Balaban J connectivity index is 2.07. The fourth-order valence-corrected chi connectivity index (χ4v) is 4.33. The van der Waals surface area contributed by atoms with Gasteiger partial charge in [0.2, 0.25) is 0 Å². The molecule has 5 nitrogen and oxygen atoms in total.